The van der Waals surface area contributed by atoms with Gasteiger partial charge in [0.25, 0.3) is 15.6 Å². The first-order valence-corrected chi connectivity index (χ1v) is 12.3. The van der Waals surface area contributed by atoms with Crippen molar-refractivity contribution < 1.29 is 66.8 Å². The van der Waals surface area contributed by atoms with Gasteiger partial charge in [-0.3, -0.25) is 13.7 Å². The van der Waals surface area contributed by atoms with E-state index in [1.54, 1.807) is 0 Å². The van der Waals surface area contributed by atoms with Gasteiger partial charge in [-0.25, -0.2) is 28.1 Å². The number of phosphoric ester groups is 1. The molecule has 24 heteroatoms. The van der Waals surface area contributed by atoms with E-state index < -0.39 is 54.6 Å². The Bertz CT molecular complexity index is 1120. The van der Waals surface area contributed by atoms with Crippen molar-refractivity contribution in [2.75, 3.05) is 12.3 Å². The molecule has 0 aromatic carbocycles. The molecule has 34 heavy (non-hydrogen) atoms. The topological polar surface area (TPSA) is 316 Å². The maximum Gasteiger partial charge on any atom is 0.485 e. The summed E-state index contributed by atoms with van der Waals surface area (Å²) in [7, 11) is -17.4. The van der Waals surface area contributed by atoms with Crippen LogP contribution in [-0.4, -0.2) is 129 Å². The number of hydrogen-bond donors (Lipinski definition) is 5. The van der Waals surface area contributed by atoms with E-state index in [0.717, 1.165) is 6.33 Å². The number of rotatable bonds is 8. The normalized spacial score (nSPS) is 27.4. The molecule has 19 nitrogen and oxygen atoms in total. The predicted octanol–water partition coefficient (Wildman–Crippen LogP) is -4.48. The summed E-state index contributed by atoms with van der Waals surface area (Å²) in [5, 5.41) is 20.4. The molecular formula is C10H16N5Na2O14P3-2. The maximum absolute atomic E-state index is 11.7. The minimum atomic E-state index is -5.83. The van der Waals surface area contributed by atoms with Gasteiger partial charge in [0.05, 0.1) is 12.9 Å². The summed E-state index contributed by atoms with van der Waals surface area (Å²) in [4.78, 5) is 51.1. The van der Waals surface area contributed by atoms with Gasteiger partial charge in [0.15, 0.2) is 17.7 Å². The standard InChI is InChI=1S/C10H16N5O13P3.2Na.H2O/c11-8-5-9(13-2-12-8)15(3-14-5)10-7(17)6(16)4(26-10)1-25-30(21,22)28-31(23,24)27-29(18,19)20;;;/h2-4,6-7,10,16-17H,1H2,(H,21,22)(H,23,24)(H2,11,12,13)(H2,18,19,20);;;1H2/p-2/t4-,6-,7-,10-;;;/m1.../s1. The molecule has 184 valence electrons. The average Bonchev–Trinajstić information content (AvgIpc) is 3.13. The Hall–Kier alpha value is 0.600. The molecule has 1 aliphatic heterocycles. The van der Waals surface area contributed by atoms with Crippen molar-refractivity contribution in [1.82, 2.24) is 19.5 Å². The van der Waals surface area contributed by atoms with Gasteiger partial charge in [-0.2, -0.15) is 0 Å². The smallest absolute Gasteiger partial charge is 0.485 e. The van der Waals surface area contributed by atoms with Gasteiger partial charge in [0.1, 0.15) is 30.2 Å². The van der Waals surface area contributed by atoms with Crippen LogP contribution in [0.4, 0.5) is 5.82 Å². The first kappa shape index (κ1) is 34.6. The number of ether oxygens (including phenoxy) is 1. The van der Waals surface area contributed by atoms with Gasteiger partial charge in [0.2, 0.25) is 0 Å². The molecule has 2 aromatic heterocycles. The molecule has 8 N–H and O–H groups in total. The van der Waals surface area contributed by atoms with E-state index in [4.69, 9.17) is 20.3 Å². The number of fused-ring (bicyclic) bond motifs is 1. The molecule has 0 spiro atoms. The minimum absolute atomic E-state index is 0. The van der Waals surface area contributed by atoms with Crippen LogP contribution in [0.25, 0.3) is 11.2 Å². The Morgan fingerprint density at radius 1 is 1.09 bits per heavy atom. The molecule has 0 aliphatic carbocycles. The summed E-state index contributed by atoms with van der Waals surface area (Å²) in [6.07, 6.45) is -3.87. The van der Waals surface area contributed by atoms with Crippen molar-refractivity contribution >= 4 is 99.6 Å². The molecule has 1 aliphatic rings. The molecule has 2 radical (unpaired) electrons. The molecule has 3 unspecified atom stereocenters. The Morgan fingerprint density at radius 2 is 1.71 bits per heavy atom. The van der Waals surface area contributed by atoms with Gasteiger partial charge in [-0.05, 0) is 0 Å². The van der Waals surface area contributed by atoms with E-state index in [9.17, 15) is 33.7 Å². The number of anilines is 1. The van der Waals surface area contributed by atoms with Crippen molar-refractivity contribution in [2.45, 2.75) is 24.5 Å². The Kier molecular flexibility index (Phi) is 13.1. The molecule has 1 saturated heterocycles. The molecule has 0 amide bonds. The number of nitrogens with two attached hydrogens (primary N) is 1. The third kappa shape index (κ3) is 8.58. The van der Waals surface area contributed by atoms with E-state index in [1.807, 2.05) is 0 Å². The van der Waals surface area contributed by atoms with Gasteiger partial charge >= 0.3 is 7.82 Å². The third-order valence-corrected chi connectivity index (χ3v) is 7.55. The van der Waals surface area contributed by atoms with Gasteiger partial charge in [-0.1, -0.05) is 0 Å². The zero-order chi connectivity index (χ0) is 23.2. The second kappa shape index (κ2) is 12.9. The number of phosphoric acid groups is 3. The number of imidazole rings is 1. The number of nitrogens with zero attached hydrogens (tertiary/aromatic N) is 4. The Balaban J connectivity index is 0.00000363. The number of aliphatic hydroxyl groups excluding tert-OH is 2. The van der Waals surface area contributed by atoms with Crippen LogP contribution >= 0.6 is 23.5 Å². The molecule has 3 rings (SSSR count). The number of aliphatic hydroxyl groups is 2. The van der Waals surface area contributed by atoms with E-state index in [-0.39, 0.29) is 81.6 Å². The summed E-state index contributed by atoms with van der Waals surface area (Å²) >= 11 is 0. The largest absolute Gasteiger partial charge is 0.756 e. The van der Waals surface area contributed by atoms with Crippen molar-refractivity contribution in [2.24, 2.45) is 0 Å². The zero-order valence-corrected chi connectivity index (χ0v) is 24.0. The van der Waals surface area contributed by atoms with Crippen LogP contribution in [0, 0.1) is 0 Å². The van der Waals surface area contributed by atoms with Crippen LogP contribution in [0.15, 0.2) is 12.7 Å². The summed E-state index contributed by atoms with van der Waals surface area (Å²) in [6, 6.07) is 0. The van der Waals surface area contributed by atoms with E-state index >= 15 is 0 Å². The van der Waals surface area contributed by atoms with E-state index in [1.165, 1.54) is 10.9 Å². The Morgan fingerprint density at radius 3 is 2.29 bits per heavy atom. The molecule has 7 atom stereocenters. The molecule has 0 saturated carbocycles. The second-order valence-electron chi connectivity index (χ2n) is 5.97. The molecular weight excluding hydrogens is 553 g/mol. The molecule has 2 aromatic rings. The van der Waals surface area contributed by atoms with Crippen LogP contribution in [0.1, 0.15) is 6.23 Å². The van der Waals surface area contributed by atoms with Crippen LogP contribution < -0.4 is 15.5 Å². The maximum atomic E-state index is 11.7. The monoisotopic (exact) mass is 569 g/mol. The fourth-order valence-electron chi connectivity index (χ4n) is 2.61. The summed E-state index contributed by atoms with van der Waals surface area (Å²) in [5.41, 5.74) is 5.96. The number of nitrogen functional groups attached to an aromatic ring is 1. The first-order chi connectivity index (χ1) is 14.2. The van der Waals surface area contributed by atoms with Gasteiger partial charge < -0.3 is 50.3 Å². The first-order valence-electron chi connectivity index (χ1n) is 7.88. The molecule has 1 fully saturated rings. The quantitative estimate of drug-likeness (QED) is 0.148. The SMILES string of the molecule is Nc1ncnc2c1ncn2[C@@H]1O[C@H](COP(=O)([O-])OP(=O)(O)OP(=O)([O-])O)[C@@H](O)[C@H]1O.O.[Na].[Na]. The molecule has 0 bridgehead atoms. The fraction of sp³-hybridized carbons (Fsp3) is 0.500. The number of hydrogen-bond acceptors (Lipinski definition) is 15. The molecule has 3 heterocycles. The van der Waals surface area contributed by atoms with Crippen molar-refractivity contribution in [3.8, 4) is 0 Å². The Labute approximate surface area is 234 Å². The average molecular weight is 569 g/mol. The van der Waals surface area contributed by atoms with E-state index in [2.05, 4.69) is 28.1 Å². The predicted molar refractivity (Wildman–Crippen MR) is 106 cm³/mol. The second-order valence-corrected chi connectivity index (χ2v) is 10.3. The minimum Gasteiger partial charge on any atom is -0.756 e. The fourth-order valence-corrected chi connectivity index (χ4v) is 5.57. The van der Waals surface area contributed by atoms with Crippen LogP contribution in [0.5, 0.6) is 0 Å². The van der Waals surface area contributed by atoms with Crippen molar-refractivity contribution in [1.29, 1.82) is 0 Å². The van der Waals surface area contributed by atoms with Crippen LogP contribution in [0.3, 0.4) is 0 Å². The summed E-state index contributed by atoms with van der Waals surface area (Å²) in [5.74, 6) is 0.0299. The van der Waals surface area contributed by atoms with E-state index in [0.29, 0.717) is 0 Å². The van der Waals surface area contributed by atoms with Gasteiger partial charge in [-0.15, -0.1) is 0 Å². The third-order valence-electron chi connectivity index (χ3n) is 3.80. The van der Waals surface area contributed by atoms with Crippen molar-refractivity contribution in [3.63, 3.8) is 0 Å². The van der Waals surface area contributed by atoms with Crippen LogP contribution in [-0.2, 0) is 31.6 Å². The summed E-state index contributed by atoms with van der Waals surface area (Å²) < 4.78 is 51.0. The van der Waals surface area contributed by atoms with Gasteiger partial charge in [0, 0.05) is 59.1 Å². The zero-order valence-electron chi connectivity index (χ0n) is 17.3. The number of aromatic nitrogens is 4. The van der Waals surface area contributed by atoms with Crippen LogP contribution in [0.2, 0.25) is 0 Å². The summed E-state index contributed by atoms with van der Waals surface area (Å²) in [6.45, 7) is -1.03. The van der Waals surface area contributed by atoms with Crippen molar-refractivity contribution in [3.05, 3.63) is 12.7 Å².